The van der Waals surface area contributed by atoms with Crippen molar-refractivity contribution in [2.24, 2.45) is 0 Å². The molecule has 0 saturated heterocycles. The summed E-state index contributed by atoms with van der Waals surface area (Å²) in [7, 11) is 0. The molecule has 0 unspecified atom stereocenters. The van der Waals surface area contributed by atoms with Crippen LogP contribution in [0.2, 0.25) is 0 Å². The van der Waals surface area contributed by atoms with Crippen molar-refractivity contribution in [3.05, 3.63) is 68.8 Å². The lowest BCUT2D eigenvalue weighted by Gasteiger charge is -2.28. The van der Waals surface area contributed by atoms with Crippen LogP contribution in [0.5, 0.6) is 0 Å². The number of thioether (sulfide) groups is 1. The average molecular weight is 527 g/mol. The molecule has 1 aliphatic heterocycles. The molecule has 2 aliphatic rings. The summed E-state index contributed by atoms with van der Waals surface area (Å²) in [4.78, 5) is 0. The molecule has 0 radical (unpaired) electrons. The molecule has 2 aromatic rings. The molecule has 1 aliphatic carbocycles. The molecule has 0 aromatic heterocycles. The third-order valence-corrected chi connectivity index (χ3v) is 8.51. The van der Waals surface area contributed by atoms with Crippen LogP contribution in [-0.2, 0) is 22.3 Å². The highest BCUT2D eigenvalue weighted by Gasteiger charge is 2.80. The standard InChI is InChI=1S/C29H32F6S/c1-15-17-9-19(25(3,4)5)11-21(15)23-24(28(32,33)29(34,35)27(23,30)31)22-12-20(26(6,7)8)10-18(16(22)2)14-36-13-17/h9-12H,13-14H2,1-8H3. The summed E-state index contributed by atoms with van der Waals surface area (Å²) in [5, 5.41) is 0. The van der Waals surface area contributed by atoms with Gasteiger partial charge in [0.05, 0.1) is 0 Å². The third-order valence-electron chi connectivity index (χ3n) is 7.48. The van der Waals surface area contributed by atoms with E-state index in [-0.39, 0.29) is 11.1 Å². The van der Waals surface area contributed by atoms with Crippen molar-refractivity contribution in [2.75, 3.05) is 0 Å². The van der Waals surface area contributed by atoms with Gasteiger partial charge in [-0.1, -0.05) is 65.8 Å². The Bertz CT molecular complexity index is 1180. The van der Waals surface area contributed by atoms with Crippen LogP contribution in [-0.4, -0.2) is 17.8 Å². The summed E-state index contributed by atoms with van der Waals surface area (Å²) in [5.74, 6) is -14.8. The van der Waals surface area contributed by atoms with Crippen LogP contribution in [0, 0.1) is 13.8 Å². The van der Waals surface area contributed by atoms with E-state index >= 15 is 26.3 Å². The predicted octanol–water partition coefficient (Wildman–Crippen LogP) is 9.48. The Morgan fingerprint density at radius 2 is 0.944 bits per heavy atom. The Balaban J connectivity index is 2.26. The van der Waals surface area contributed by atoms with E-state index in [0.717, 1.165) is 0 Å². The van der Waals surface area contributed by atoms with Gasteiger partial charge in [0, 0.05) is 22.7 Å². The smallest absolute Gasteiger partial charge is 0.194 e. The number of fused-ring (bicyclic) bond motifs is 6. The van der Waals surface area contributed by atoms with E-state index < -0.39 is 39.7 Å². The molecule has 0 amide bonds. The highest BCUT2D eigenvalue weighted by molar-refractivity contribution is 7.97. The van der Waals surface area contributed by atoms with Crippen molar-refractivity contribution >= 4 is 22.9 Å². The number of hydrogen-bond donors (Lipinski definition) is 0. The summed E-state index contributed by atoms with van der Waals surface area (Å²) in [6.45, 7) is 14.4. The zero-order valence-electron chi connectivity index (χ0n) is 21.9. The molecule has 36 heavy (non-hydrogen) atoms. The van der Waals surface area contributed by atoms with Gasteiger partial charge in [-0.15, -0.1) is 0 Å². The molecule has 4 bridgehead atoms. The molecule has 196 valence electrons. The van der Waals surface area contributed by atoms with E-state index in [1.54, 1.807) is 25.6 Å². The van der Waals surface area contributed by atoms with Crippen LogP contribution in [0.25, 0.3) is 11.1 Å². The van der Waals surface area contributed by atoms with Crippen LogP contribution in [0.1, 0.15) is 86.1 Å². The molecule has 0 N–H and O–H groups in total. The zero-order valence-corrected chi connectivity index (χ0v) is 22.7. The lowest BCUT2D eigenvalue weighted by Crippen LogP contribution is -2.49. The van der Waals surface area contributed by atoms with Gasteiger partial charge in [0.1, 0.15) is 0 Å². The Labute approximate surface area is 213 Å². The van der Waals surface area contributed by atoms with Gasteiger partial charge in [0.15, 0.2) is 0 Å². The highest BCUT2D eigenvalue weighted by atomic mass is 32.2. The molecule has 0 spiro atoms. The number of benzene rings is 2. The lowest BCUT2D eigenvalue weighted by atomic mass is 9.79. The van der Waals surface area contributed by atoms with Crippen molar-refractivity contribution < 1.29 is 26.3 Å². The van der Waals surface area contributed by atoms with Crippen molar-refractivity contribution in [1.29, 1.82) is 0 Å². The lowest BCUT2D eigenvalue weighted by molar-refractivity contribution is -0.254. The predicted molar refractivity (Wildman–Crippen MR) is 136 cm³/mol. The second-order valence-electron chi connectivity index (χ2n) is 12.1. The minimum absolute atomic E-state index is 0.223. The summed E-state index contributed by atoms with van der Waals surface area (Å²) in [6, 6.07) is 6.59. The highest BCUT2D eigenvalue weighted by Crippen LogP contribution is 2.65. The van der Waals surface area contributed by atoms with E-state index in [1.807, 2.05) is 53.7 Å². The van der Waals surface area contributed by atoms with Crippen LogP contribution in [0.3, 0.4) is 0 Å². The fourth-order valence-electron chi connectivity index (χ4n) is 4.94. The molecule has 1 heterocycles. The van der Waals surface area contributed by atoms with Gasteiger partial charge in [-0.05, 0) is 69.2 Å². The van der Waals surface area contributed by atoms with Crippen molar-refractivity contribution in [1.82, 2.24) is 0 Å². The largest absolute Gasteiger partial charge is 0.380 e. The summed E-state index contributed by atoms with van der Waals surface area (Å²) >= 11 is 1.56. The van der Waals surface area contributed by atoms with Gasteiger partial charge in [-0.25, -0.2) is 0 Å². The third kappa shape index (κ3) is 3.83. The van der Waals surface area contributed by atoms with E-state index in [1.165, 1.54) is 12.1 Å². The molecule has 4 rings (SSSR count). The molecular weight excluding hydrogens is 494 g/mol. The second-order valence-corrected chi connectivity index (χ2v) is 13.1. The molecule has 0 nitrogen and oxygen atoms in total. The summed E-state index contributed by atoms with van der Waals surface area (Å²) in [5.41, 5.74) is -0.653. The number of rotatable bonds is 0. The first kappa shape index (κ1) is 27.2. The molecule has 0 fully saturated rings. The van der Waals surface area contributed by atoms with E-state index in [2.05, 4.69) is 0 Å². The Hall–Kier alpha value is -1.89. The van der Waals surface area contributed by atoms with Crippen LogP contribution >= 0.6 is 11.8 Å². The summed E-state index contributed by atoms with van der Waals surface area (Å²) < 4.78 is 92.7. The van der Waals surface area contributed by atoms with Gasteiger partial charge >= 0.3 is 17.8 Å². The van der Waals surface area contributed by atoms with Gasteiger partial charge in [0.25, 0.3) is 0 Å². The monoisotopic (exact) mass is 526 g/mol. The SMILES string of the molecule is Cc1c2cc(C(C)(C)C)cc1C1=C(c3cc(C(C)(C)C)cc(c3C)CSC2)C(F)(F)C(F)(F)C1(F)F. The van der Waals surface area contributed by atoms with E-state index in [9.17, 15) is 0 Å². The molecule has 2 aromatic carbocycles. The van der Waals surface area contributed by atoms with Crippen molar-refractivity contribution in [2.45, 2.75) is 95.5 Å². The van der Waals surface area contributed by atoms with Crippen LogP contribution in [0.15, 0.2) is 24.3 Å². The first-order valence-electron chi connectivity index (χ1n) is 12.0. The maximum atomic E-state index is 15.6. The molecular formula is C29H32F6S. The maximum absolute atomic E-state index is 15.6. The normalized spacial score (nSPS) is 20.7. The van der Waals surface area contributed by atoms with E-state index in [0.29, 0.717) is 44.9 Å². The Morgan fingerprint density at radius 3 is 1.25 bits per heavy atom. The molecule has 0 atom stereocenters. The quantitative estimate of drug-likeness (QED) is 0.308. The van der Waals surface area contributed by atoms with Crippen LogP contribution in [0.4, 0.5) is 26.3 Å². The number of alkyl halides is 6. The number of allylic oxidation sites excluding steroid dienone is 2. The Morgan fingerprint density at radius 1 is 0.611 bits per heavy atom. The minimum atomic E-state index is -5.57. The van der Waals surface area contributed by atoms with Gasteiger partial charge < -0.3 is 0 Å². The maximum Gasteiger partial charge on any atom is 0.380 e. The molecule has 0 saturated carbocycles. The zero-order chi connectivity index (χ0) is 27.2. The Kier molecular flexibility index (Phi) is 6.07. The fraction of sp³-hybridized carbons (Fsp3) is 0.517. The van der Waals surface area contributed by atoms with Crippen LogP contribution < -0.4 is 0 Å². The van der Waals surface area contributed by atoms with Gasteiger partial charge in [0.2, 0.25) is 0 Å². The number of hydrogen-bond acceptors (Lipinski definition) is 1. The summed E-state index contributed by atoms with van der Waals surface area (Å²) in [6.07, 6.45) is 0. The van der Waals surface area contributed by atoms with Gasteiger partial charge in [-0.3, -0.25) is 0 Å². The first-order chi connectivity index (χ1) is 16.2. The second kappa shape index (κ2) is 8.05. The minimum Gasteiger partial charge on any atom is -0.194 e. The molecule has 7 heteroatoms. The van der Waals surface area contributed by atoms with Crippen molar-refractivity contribution in [3.8, 4) is 0 Å². The average Bonchev–Trinajstić information content (AvgIpc) is 2.82. The van der Waals surface area contributed by atoms with E-state index in [4.69, 9.17) is 0 Å². The van der Waals surface area contributed by atoms with Crippen molar-refractivity contribution in [3.63, 3.8) is 0 Å². The first-order valence-corrected chi connectivity index (χ1v) is 13.1. The number of halogens is 6. The van der Waals surface area contributed by atoms with Gasteiger partial charge in [-0.2, -0.15) is 38.1 Å². The fourth-order valence-corrected chi connectivity index (χ4v) is 6.08. The topological polar surface area (TPSA) is 0 Å².